The first kappa shape index (κ1) is 74.6. The average molecular weight is 1120 g/mol. The Bertz CT molecular complexity index is 1670. The van der Waals surface area contributed by atoms with Gasteiger partial charge in [-0.3, -0.25) is 9.59 Å². The molecule has 0 aromatic heterocycles. The predicted molar refractivity (Wildman–Crippen MR) is 333 cm³/mol. The lowest BCUT2D eigenvalue weighted by Crippen LogP contribution is -2.61. The number of hydrogen-bond acceptors (Lipinski definition) is 10. The van der Waals surface area contributed by atoms with Crippen molar-refractivity contribution in [2.45, 2.75) is 314 Å². The zero-order chi connectivity index (χ0) is 58.2. The van der Waals surface area contributed by atoms with Crippen LogP contribution in [0.5, 0.6) is 0 Å². The highest BCUT2D eigenvalue weighted by Crippen LogP contribution is 2.26. The van der Waals surface area contributed by atoms with Crippen molar-refractivity contribution in [3.05, 3.63) is 97.2 Å². The van der Waals surface area contributed by atoms with Gasteiger partial charge in [0.1, 0.15) is 24.4 Å². The van der Waals surface area contributed by atoms with Crippen LogP contribution >= 0.6 is 0 Å². The highest BCUT2D eigenvalue weighted by atomic mass is 16.7. The summed E-state index contributed by atoms with van der Waals surface area (Å²) in [7, 11) is 0. The molecule has 0 aromatic carbocycles. The molecule has 8 atom stereocenters. The molecule has 1 amide bonds. The van der Waals surface area contributed by atoms with Crippen molar-refractivity contribution in [1.82, 2.24) is 5.32 Å². The number of ether oxygens (including phenoxy) is 3. The van der Waals surface area contributed by atoms with Gasteiger partial charge in [0.15, 0.2) is 12.4 Å². The standard InChI is InChI=1S/C69H119NO10/c1-4-7-10-13-16-19-22-25-27-29-31-32-33-35-37-39-42-45-48-51-54-57-64(74)80-67-66(76)65(75)63(58-71)79-69(67)78-59-60(61(72)55-52-49-46-43-40-24-21-18-15-12-9-6-3)70-68(77)62(73)56-53-50-47-44-41-38-36-34-30-28-26-23-20-17-14-11-8-5-2/h7,10,16,19,25-28,31-32,35,37,42,45,52,55,60-63,65-67,69,71-73,75-76H,4-6,8-9,11-15,17-18,20-24,29-30,33-34,36,38-41,43-44,46-51,53-54,56-59H2,1-3H3,(H,70,77)/b10-7-,19-16-,27-25-,28-26+,32-31-,37-35-,45-42-,55-52+. The summed E-state index contributed by atoms with van der Waals surface area (Å²) in [5.41, 5.74) is 0. The van der Waals surface area contributed by atoms with Gasteiger partial charge in [-0.05, 0) is 103 Å². The predicted octanol–water partition coefficient (Wildman–Crippen LogP) is 15.9. The number of amides is 1. The summed E-state index contributed by atoms with van der Waals surface area (Å²) in [4.78, 5) is 26.6. The van der Waals surface area contributed by atoms with E-state index in [-0.39, 0.29) is 19.4 Å². The summed E-state index contributed by atoms with van der Waals surface area (Å²) in [5, 5.41) is 57.1. The fourth-order valence-corrected chi connectivity index (χ4v) is 9.59. The lowest BCUT2D eigenvalue weighted by Gasteiger charge is -2.41. The molecule has 80 heavy (non-hydrogen) atoms. The number of unbranched alkanes of at least 4 members (excludes halogenated alkanes) is 26. The van der Waals surface area contributed by atoms with E-state index in [1.54, 1.807) is 6.08 Å². The highest BCUT2D eigenvalue weighted by molar-refractivity contribution is 5.80. The number of hydrogen-bond donors (Lipinski definition) is 6. The summed E-state index contributed by atoms with van der Waals surface area (Å²) in [6.45, 7) is 5.65. The smallest absolute Gasteiger partial charge is 0.306 e. The molecule has 11 heteroatoms. The lowest BCUT2D eigenvalue weighted by molar-refractivity contribution is -0.305. The average Bonchev–Trinajstić information content (AvgIpc) is 3.45. The van der Waals surface area contributed by atoms with Gasteiger partial charge in [-0.1, -0.05) is 253 Å². The molecule has 0 bridgehead atoms. The van der Waals surface area contributed by atoms with Crippen LogP contribution in [0.2, 0.25) is 0 Å². The number of esters is 1. The lowest BCUT2D eigenvalue weighted by atomic mass is 9.99. The largest absolute Gasteiger partial charge is 0.454 e. The van der Waals surface area contributed by atoms with E-state index in [0.29, 0.717) is 12.8 Å². The van der Waals surface area contributed by atoms with Gasteiger partial charge >= 0.3 is 5.97 Å². The van der Waals surface area contributed by atoms with E-state index in [1.165, 1.54) is 122 Å². The van der Waals surface area contributed by atoms with Crippen LogP contribution in [0.1, 0.15) is 265 Å². The van der Waals surface area contributed by atoms with Crippen molar-refractivity contribution in [3.63, 3.8) is 0 Å². The van der Waals surface area contributed by atoms with E-state index < -0.39 is 67.4 Å². The van der Waals surface area contributed by atoms with Crippen LogP contribution < -0.4 is 5.32 Å². The van der Waals surface area contributed by atoms with Crippen LogP contribution in [0, 0.1) is 0 Å². The first-order chi connectivity index (χ1) is 39.2. The van der Waals surface area contributed by atoms with Crippen molar-refractivity contribution in [3.8, 4) is 0 Å². The molecule has 1 fully saturated rings. The summed E-state index contributed by atoms with van der Waals surface area (Å²) < 4.78 is 17.6. The number of carbonyl (C=O) groups excluding carboxylic acids is 2. The Hall–Kier alpha value is -3.42. The van der Waals surface area contributed by atoms with Crippen molar-refractivity contribution in [1.29, 1.82) is 0 Å². The quantitative estimate of drug-likeness (QED) is 0.0195. The topological polar surface area (TPSA) is 175 Å². The van der Waals surface area contributed by atoms with Crippen molar-refractivity contribution < 1.29 is 49.3 Å². The van der Waals surface area contributed by atoms with Crippen LogP contribution in [0.4, 0.5) is 0 Å². The molecule has 6 N–H and O–H groups in total. The summed E-state index contributed by atoms with van der Waals surface area (Å²) in [6, 6.07) is -1.04. The molecule has 11 nitrogen and oxygen atoms in total. The monoisotopic (exact) mass is 1120 g/mol. The third-order valence-electron chi connectivity index (χ3n) is 14.7. The molecule has 0 aromatic rings. The first-order valence-corrected chi connectivity index (χ1v) is 32.5. The maximum atomic E-state index is 13.4. The maximum Gasteiger partial charge on any atom is 0.306 e. The third-order valence-corrected chi connectivity index (χ3v) is 14.7. The Balaban J connectivity index is 2.69. The fourth-order valence-electron chi connectivity index (χ4n) is 9.59. The van der Waals surface area contributed by atoms with Crippen molar-refractivity contribution >= 4 is 11.9 Å². The molecule has 460 valence electrons. The molecule has 1 aliphatic rings. The van der Waals surface area contributed by atoms with Crippen LogP contribution in [0.25, 0.3) is 0 Å². The van der Waals surface area contributed by atoms with Gasteiger partial charge in [0.05, 0.1) is 25.4 Å². The van der Waals surface area contributed by atoms with Gasteiger partial charge in [0, 0.05) is 6.42 Å². The molecular formula is C69H119NO10. The molecule has 0 saturated carbocycles. The first-order valence-electron chi connectivity index (χ1n) is 32.5. The minimum absolute atomic E-state index is 0.0642. The molecule has 0 radical (unpaired) electrons. The highest BCUT2D eigenvalue weighted by Gasteiger charge is 2.47. The molecule has 8 unspecified atom stereocenters. The Kier molecular flexibility index (Phi) is 52.3. The number of aliphatic hydroxyl groups excluding tert-OH is 5. The number of carbonyl (C=O) groups is 2. The SMILES string of the molecule is CC/C=C\C/C=C\C/C=C\C/C=C\C/C=C\C/C=C\CCCCC(=O)OC1C(OCC(NC(=O)C(O)CCCCCCCCCC/C=C/CCCCCCCC)C(O)/C=C/CCCCCCCCCCCC)OC(CO)C(O)C1O. The molecule has 1 aliphatic heterocycles. The van der Waals surface area contributed by atoms with Crippen molar-refractivity contribution in [2.24, 2.45) is 0 Å². The van der Waals surface area contributed by atoms with Crippen molar-refractivity contribution in [2.75, 3.05) is 13.2 Å². The van der Waals surface area contributed by atoms with Gasteiger partial charge in [0.2, 0.25) is 5.91 Å². The third kappa shape index (κ3) is 43.3. The second-order valence-corrected chi connectivity index (χ2v) is 22.1. The summed E-state index contributed by atoms with van der Waals surface area (Å²) in [6.07, 6.45) is 64.4. The van der Waals surface area contributed by atoms with Gasteiger partial charge in [-0.2, -0.15) is 0 Å². The number of nitrogens with one attached hydrogen (secondary N) is 1. The Morgan fingerprint density at radius 3 is 1.36 bits per heavy atom. The van der Waals surface area contributed by atoms with Crippen LogP contribution in [-0.2, 0) is 23.8 Å². The number of aliphatic hydroxyl groups is 5. The summed E-state index contributed by atoms with van der Waals surface area (Å²) in [5.74, 6) is -1.24. The fraction of sp³-hybridized carbons (Fsp3) is 0.739. The minimum atomic E-state index is -1.64. The molecule has 1 heterocycles. The Labute approximate surface area is 488 Å². The molecule has 0 aliphatic carbocycles. The van der Waals surface area contributed by atoms with E-state index in [4.69, 9.17) is 14.2 Å². The zero-order valence-corrected chi connectivity index (χ0v) is 50.9. The normalized spacial score (nSPS) is 19.4. The molecular weight excluding hydrogens is 1000 g/mol. The zero-order valence-electron chi connectivity index (χ0n) is 50.9. The Morgan fingerprint density at radius 2 is 0.900 bits per heavy atom. The van der Waals surface area contributed by atoms with E-state index in [0.717, 1.165) is 96.3 Å². The molecule has 1 saturated heterocycles. The van der Waals surface area contributed by atoms with E-state index in [2.05, 4.69) is 111 Å². The number of rotatable bonds is 54. The van der Waals surface area contributed by atoms with E-state index in [9.17, 15) is 35.1 Å². The van der Waals surface area contributed by atoms with E-state index in [1.807, 2.05) is 6.08 Å². The maximum absolute atomic E-state index is 13.4. The number of allylic oxidation sites excluding steroid dienone is 15. The molecule has 1 rings (SSSR count). The van der Waals surface area contributed by atoms with Crippen LogP contribution in [-0.4, -0.2) is 99.6 Å². The van der Waals surface area contributed by atoms with Crippen LogP contribution in [0.15, 0.2) is 97.2 Å². The second-order valence-electron chi connectivity index (χ2n) is 22.1. The van der Waals surface area contributed by atoms with Gasteiger partial charge < -0.3 is 45.1 Å². The van der Waals surface area contributed by atoms with Gasteiger partial charge in [-0.15, -0.1) is 0 Å². The second kappa shape index (κ2) is 56.1. The van der Waals surface area contributed by atoms with Gasteiger partial charge in [0.25, 0.3) is 0 Å². The minimum Gasteiger partial charge on any atom is -0.454 e. The Morgan fingerprint density at radius 1 is 0.500 bits per heavy atom. The van der Waals surface area contributed by atoms with Gasteiger partial charge in [-0.25, -0.2) is 0 Å². The molecule has 0 spiro atoms. The van der Waals surface area contributed by atoms with E-state index >= 15 is 0 Å². The summed E-state index contributed by atoms with van der Waals surface area (Å²) >= 11 is 0. The van der Waals surface area contributed by atoms with Crippen LogP contribution in [0.3, 0.4) is 0 Å².